The number of rotatable bonds is 5. The van der Waals surface area contributed by atoms with Crippen molar-refractivity contribution in [3.63, 3.8) is 0 Å². The minimum Gasteiger partial charge on any atom is -1.00 e. The van der Waals surface area contributed by atoms with Crippen LogP contribution in [-0.2, 0) is 20.4 Å². The van der Waals surface area contributed by atoms with E-state index in [0.717, 1.165) is 0 Å². The van der Waals surface area contributed by atoms with Crippen LogP contribution in [0.1, 0.15) is 26.2 Å². The van der Waals surface area contributed by atoms with Crippen LogP contribution < -0.4 is 42.4 Å². The number of hydrogen-bond acceptors (Lipinski definition) is 0. The van der Waals surface area contributed by atoms with Gasteiger partial charge < -0.3 is 37.2 Å². The molecule has 120 valence electrons. The molecule has 0 aliphatic heterocycles. The Bertz CT molecular complexity index is 500. The van der Waals surface area contributed by atoms with Crippen molar-refractivity contribution in [2.45, 2.75) is 42.6 Å². The Morgan fingerprint density at radius 1 is 1.05 bits per heavy atom. The molecular formula is C17H23Cl3SiTi. The predicted octanol–water partition coefficient (Wildman–Crippen LogP) is -4.45. The summed E-state index contributed by atoms with van der Waals surface area (Å²) in [5, 5.41) is 1.56. The second-order valence-electron chi connectivity index (χ2n) is 5.95. The molecule has 0 saturated heterocycles. The van der Waals surface area contributed by atoms with Gasteiger partial charge >= 0.3 is 130 Å². The normalized spacial score (nSPS) is 19.6. The van der Waals surface area contributed by atoms with Gasteiger partial charge in [-0.2, -0.15) is 0 Å². The van der Waals surface area contributed by atoms with E-state index in [2.05, 4.69) is 89.0 Å². The van der Waals surface area contributed by atoms with Crippen LogP contribution in [0.15, 0.2) is 54.1 Å². The van der Waals surface area contributed by atoms with Crippen molar-refractivity contribution >= 4 is 13.3 Å². The van der Waals surface area contributed by atoms with Crippen LogP contribution in [0.2, 0.25) is 16.4 Å². The number of hydrogen-bond donors (Lipinski definition) is 0. The molecule has 0 spiro atoms. The maximum Gasteiger partial charge on any atom is -1.00 e. The zero-order chi connectivity index (χ0) is 13.9. The van der Waals surface area contributed by atoms with Crippen LogP contribution in [0.3, 0.4) is 0 Å². The maximum atomic E-state index is 2.51. The van der Waals surface area contributed by atoms with Crippen molar-refractivity contribution in [1.82, 2.24) is 0 Å². The summed E-state index contributed by atoms with van der Waals surface area (Å²) < 4.78 is 0.281. The Hall–Kier alpha value is 0.501. The summed E-state index contributed by atoms with van der Waals surface area (Å²) in [6.07, 6.45) is 10.9. The maximum absolute atomic E-state index is 2.51. The van der Waals surface area contributed by atoms with Crippen LogP contribution >= 0.6 is 0 Å². The first-order valence-electron chi connectivity index (χ1n) is 7.22. The molecule has 2 rings (SSSR count). The molecule has 0 saturated carbocycles. The van der Waals surface area contributed by atoms with Crippen LogP contribution in [0, 0.1) is 0 Å². The molecule has 1 atom stereocenters. The van der Waals surface area contributed by atoms with E-state index in [0.29, 0.717) is 0 Å². The van der Waals surface area contributed by atoms with Gasteiger partial charge in [0.2, 0.25) is 0 Å². The molecule has 0 amide bonds. The first-order valence-corrected chi connectivity index (χ1v) is 11.0. The van der Waals surface area contributed by atoms with Gasteiger partial charge in [-0.3, -0.25) is 0 Å². The van der Waals surface area contributed by atoms with Gasteiger partial charge in [0.05, 0.1) is 0 Å². The Labute approximate surface area is 166 Å². The Balaban J connectivity index is 0. The Kier molecular flexibility index (Phi) is 11.7. The molecule has 0 fully saturated rings. The van der Waals surface area contributed by atoms with E-state index in [1.807, 2.05) is 0 Å². The largest absolute Gasteiger partial charge is 1.00 e. The number of halogens is 3. The number of benzene rings is 1. The Morgan fingerprint density at radius 3 is 2.18 bits per heavy atom. The van der Waals surface area contributed by atoms with Crippen molar-refractivity contribution < 1.29 is 57.7 Å². The van der Waals surface area contributed by atoms with E-state index < -0.39 is 8.07 Å². The van der Waals surface area contributed by atoms with Gasteiger partial charge in [-0.15, -0.1) is 0 Å². The SMILES string of the molecule is CCCCC1=CC=C[C]1([Ti+3])[Si](C)(C)c1ccccc1.[Cl-].[Cl-].[Cl-]. The van der Waals surface area contributed by atoms with Crippen LogP contribution in [-0.4, -0.2) is 8.07 Å². The summed E-state index contributed by atoms with van der Waals surface area (Å²) in [7, 11) is -1.54. The molecule has 0 bridgehead atoms. The van der Waals surface area contributed by atoms with E-state index in [-0.39, 0.29) is 40.6 Å². The fourth-order valence-electron chi connectivity index (χ4n) is 2.89. The molecule has 1 aliphatic rings. The quantitative estimate of drug-likeness (QED) is 0.431. The van der Waals surface area contributed by atoms with E-state index in [9.17, 15) is 0 Å². The molecule has 1 aromatic carbocycles. The van der Waals surface area contributed by atoms with Crippen molar-refractivity contribution in [3.05, 3.63) is 54.1 Å². The minimum atomic E-state index is -1.54. The zero-order valence-corrected chi connectivity index (χ0v) is 18.2. The monoisotopic (exact) mass is 408 g/mol. The summed E-state index contributed by atoms with van der Waals surface area (Å²) in [6, 6.07) is 11.1. The fraction of sp³-hybridized carbons (Fsp3) is 0.412. The van der Waals surface area contributed by atoms with Crippen LogP contribution in [0.4, 0.5) is 0 Å². The average molecular weight is 410 g/mol. The Morgan fingerprint density at radius 2 is 1.64 bits per heavy atom. The minimum absolute atomic E-state index is 0. The van der Waals surface area contributed by atoms with Gasteiger partial charge in [-0.25, -0.2) is 0 Å². The third-order valence-electron chi connectivity index (χ3n) is 4.43. The zero-order valence-electron chi connectivity index (χ0n) is 13.4. The fourth-order valence-corrected chi connectivity index (χ4v) is 7.04. The smallest absolute Gasteiger partial charge is 1.00 e. The van der Waals surface area contributed by atoms with Gasteiger partial charge in [-0.1, -0.05) is 0 Å². The first-order chi connectivity index (χ1) is 9.02. The summed E-state index contributed by atoms with van der Waals surface area (Å²) >= 11 is 2.46. The van der Waals surface area contributed by atoms with Gasteiger partial charge in [-0.05, 0) is 0 Å². The predicted molar refractivity (Wildman–Crippen MR) is 83.0 cm³/mol. The molecule has 0 aromatic heterocycles. The molecular weight excluding hydrogens is 386 g/mol. The summed E-state index contributed by atoms with van der Waals surface area (Å²) in [5.74, 6) is 0. The standard InChI is InChI=1S/C17H23Si.3ClH.Ti/c1-4-5-10-15-11-9-14-17(15)18(2,3)16-12-7-6-8-13-16;;;;/h6-9,11-14H,4-5,10H2,1-3H3;3*1H;/q;;;;+3/p-3. The van der Waals surface area contributed by atoms with E-state index >= 15 is 0 Å². The second kappa shape index (κ2) is 10.4. The third-order valence-corrected chi connectivity index (χ3v) is 12.4. The molecule has 0 heterocycles. The molecule has 0 N–H and O–H groups in total. The number of unbranched alkanes of at least 4 members (excludes halogenated alkanes) is 1. The average Bonchev–Trinajstić information content (AvgIpc) is 2.80. The van der Waals surface area contributed by atoms with Crippen molar-refractivity contribution in [3.8, 4) is 0 Å². The van der Waals surface area contributed by atoms with Gasteiger partial charge in [0.15, 0.2) is 0 Å². The first kappa shape index (κ1) is 24.7. The molecule has 22 heavy (non-hydrogen) atoms. The van der Waals surface area contributed by atoms with Crippen molar-refractivity contribution in [2.24, 2.45) is 0 Å². The molecule has 1 aliphatic carbocycles. The van der Waals surface area contributed by atoms with E-state index in [4.69, 9.17) is 0 Å². The molecule has 1 aromatic rings. The second-order valence-corrected chi connectivity index (χ2v) is 12.6. The molecule has 0 nitrogen and oxygen atoms in total. The van der Waals surface area contributed by atoms with Gasteiger partial charge in [0.25, 0.3) is 0 Å². The molecule has 1 unspecified atom stereocenters. The van der Waals surface area contributed by atoms with Crippen LogP contribution in [0.5, 0.6) is 0 Å². The van der Waals surface area contributed by atoms with E-state index in [1.165, 1.54) is 19.3 Å². The van der Waals surface area contributed by atoms with Gasteiger partial charge in [0, 0.05) is 0 Å². The number of allylic oxidation sites excluding steroid dienone is 4. The summed E-state index contributed by atoms with van der Waals surface area (Å²) in [6.45, 7) is 7.30. The summed E-state index contributed by atoms with van der Waals surface area (Å²) in [4.78, 5) is 0. The van der Waals surface area contributed by atoms with Crippen molar-refractivity contribution in [1.29, 1.82) is 0 Å². The van der Waals surface area contributed by atoms with E-state index in [1.54, 1.807) is 10.8 Å². The molecule has 0 radical (unpaired) electrons. The van der Waals surface area contributed by atoms with Gasteiger partial charge in [0.1, 0.15) is 0 Å². The summed E-state index contributed by atoms with van der Waals surface area (Å²) in [5.41, 5.74) is 1.65. The van der Waals surface area contributed by atoms with Crippen molar-refractivity contribution in [2.75, 3.05) is 0 Å². The topological polar surface area (TPSA) is 0 Å². The molecule has 5 heteroatoms. The van der Waals surface area contributed by atoms with Crippen LogP contribution in [0.25, 0.3) is 0 Å². The third kappa shape index (κ3) is 4.75.